The number of halogens is 3. The van der Waals surface area contributed by atoms with Crippen LogP contribution in [0.1, 0.15) is 22.1 Å². The molecular formula is C21H18B3Cl2FN4O6. The molecule has 0 aliphatic heterocycles. The highest BCUT2D eigenvalue weighted by atomic mass is 35.5. The SMILES string of the molecule is [B]C([B])(O)C(O)(Nc1cc(-c2c[nH]c(C(=O)N[C@H](CO)c3ccc(F)c(Cl)c3)c2)c(Cl)cn1)C([B])(O)O. The predicted molar refractivity (Wildman–Crippen MR) is 136 cm³/mol. The summed E-state index contributed by atoms with van der Waals surface area (Å²) in [6, 6.07) is 5.47. The maximum absolute atomic E-state index is 13.4. The van der Waals surface area contributed by atoms with Crippen LogP contribution in [0.2, 0.25) is 10.0 Å². The predicted octanol–water partition coefficient (Wildman–Crippen LogP) is -0.124. The Balaban J connectivity index is 1.86. The molecule has 3 aromatic rings. The van der Waals surface area contributed by atoms with Crippen molar-refractivity contribution in [2.75, 3.05) is 11.9 Å². The van der Waals surface area contributed by atoms with Crippen molar-refractivity contribution < 1.29 is 34.7 Å². The standard InChI is InChI=1S/C21H18B3Cl2FN4O6/c22-20(23,35)19(34,21(24,36)37)31-17-5-11(13(26)7-29-17)10-4-15(28-6-10)18(33)30-16(8-32)9-1-2-14(27)12(25)3-9/h1-7,16,28,32,34-37H,8H2,(H,29,31)(H,30,33)/t16-,19?/m1/s1. The first-order valence-electron chi connectivity index (χ1n) is 10.3. The van der Waals surface area contributed by atoms with Crippen LogP contribution in [0.15, 0.2) is 42.7 Å². The van der Waals surface area contributed by atoms with Gasteiger partial charge in [0, 0.05) is 28.9 Å². The smallest absolute Gasteiger partial charge is 0.268 e. The fourth-order valence-corrected chi connectivity index (χ4v) is 3.68. The van der Waals surface area contributed by atoms with Crippen LogP contribution in [-0.2, 0) is 0 Å². The summed E-state index contributed by atoms with van der Waals surface area (Å²) < 4.78 is 13.4. The Morgan fingerprint density at radius 3 is 2.35 bits per heavy atom. The number of hydrogen-bond donors (Lipinski definition) is 8. The van der Waals surface area contributed by atoms with E-state index in [2.05, 4.69) is 20.6 Å². The molecule has 6 radical (unpaired) electrons. The topological polar surface area (TPSA) is 171 Å². The van der Waals surface area contributed by atoms with Crippen molar-refractivity contribution in [3.63, 3.8) is 0 Å². The highest BCUT2D eigenvalue weighted by molar-refractivity contribution is 6.40. The number of amides is 1. The van der Waals surface area contributed by atoms with Crippen LogP contribution in [0, 0.1) is 5.82 Å². The van der Waals surface area contributed by atoms with Gasteiger partial charge in [-0.25, -0.2) is 9.37 Å². The molecule has 0 fully saturated rings. The van der Waals surface area contributed by atoms with Gasteiger partial charge < -0.3 is 41.2 Å². The molecule has 10 nitrogen and oxygen atoms in total. The lowest BCUT2D eigenvalue weighted by Gasteiger charge is -2.47. The molecule has 0 saturated heterocycles. The van der Waals surface area contributed by atoms with E-state index in [1.54, 1.807) is 0 Å². The van der Waals surface area contributed by atoms with Gasteiger partial charge in [0.05, 0.1) is 22.7 Å². The number of nitrogens with zero attached hydrogens (tertiary/aromatic N) is 1. The fourth-order valence-electron chi connectivity index (χ4n) is 3.28. The Morgan fingerprint density at radius 1 is 1.11 bits per heavy atom. The number of aliphatic hydroxyl groups excluding tert-OH is 1. The van der Waals surface area contributed by atoms with E-state index in [1.165, 1.54) is 30.5 Å². The molecule has 1 aromatic carbocycles. The second kappa shape index (κ2) is 10.7. The number of anilines is 1. The Labute approximate surface area is 224 Å². The summed E-state index contributed by atoms with van der Waals surface area (Å²) in [6.07, 6.45) is 2.52. The summed E-state index contributed by atoms with van der Waals surface area (Å²) in [5.41, 5.74) is -5.83. The highest BCUT2D eigenvalue weighted by Crippen LogP contribution is 2.33. The first kappa shape index (κ1) is 29.0. The van der Waals surface area contributed by atoms with E-state index in [0.29, 0.717) is 11.1 Å². The zero-order valence-corrected chi connectivity index (χ0v) is 20.3. The Bertz CT molecular complexity index is 1290. The fraction of sp³-hybridized carbons (Fsp3) is 0.238. The van der Waals surface area contributed by atoms with Gasteiger partial charge in [0.2, 0.25) is 0 Å². The molecule has 2 heterocycles. The van der Waals surface area contributed by atoms with E-state index in [1.807, 2.05) is 0 Å². The molecule has 8 N–H and O–H groups in total. The molecule has 0 aliphatic rings. The van der Waals surface area contributed by atoms with E-state index in [-0.39, 0.29) is 27.1 Å². The third-order valence-corrected chi connectivity index (χ3v) is 5.94. The minimum atomic E-state index is -3.52. The Morgan fingerprint density at radius 2 is 1.78 bits per heavy atom. The number of aliphatic hydroxyl groups is 5. The summed E-state index contributed by atoms with van der Waals surface area (Å²) in [5.74, 6) is -1.58. The Hall–Kier alpha value is -2.58. The summed E-state index contributed by atoms with van der Waals surface area (Å²) in [4.78, 5) is 19.4. The zero-order chi connectivity index (χ0) is 27.8. The molecule has 0 aliphatic carbocycles. The van der Waals surface area contributed by atoms with Crippen molar-refractivity contribution >= 4 is 58.5 Å². The second-order valence-corrected chi connectivity index (χ2v) is 8.93. The summed E-state index contributed by atoms with van der Waals surface area (Å²) in [7, 11) is 15.6. The van der Waals surface area contributed by atoms with Gasteiger partial charge in [0.1, 0.15) is 33.0 Å². The van der Waals surface area contributed by atoms with Crippen molar-refractivity contribution in [1.29, 1.82) is 0 Å². The van der Waals surface area contributed by atoms with Crippen molar-refractivity contribution in [1.82, 2.24) is 15.3 Å². The first-order valence-corrected chi connectivity index (χ1v) is 11.1. The zero-order valence-electron chi connectivity index (χ0n) is 18.8. The maximum atomic E-state index is 13.4. The number of hydrogen-bond acceptors (Lipinski definition) is 8. The lowest BCUT2D eigenvalue weighted by atomic mass is 9.54. The van der Waals surface area contributed by atoms with Crippen LogP contribution in [0.3, 0.4) is 0 Å². The molecule has 0 saturated carbocycles. The molecular weight excluding hydrogens is 527 g/mol. The molecule has 0 bridgehead atoms. The molecule has 3 rings (SSSR count). The number of carbonyl (C=O) groups is 1. The number of H-pyrrole nitrogens is 1. The molecule has 188 valence electrons. The molecule has 1 unspecified atom stereocenters. The minimum Gasteiger partial charge on any atom is -0.404 e. The average Bonchev–Trinajstić information content (AvgIpc) is 3.29. The van der Waals surface area contributed by atoms with Gasteiger partial charge in [-0.1, -0.05) is 29.3 Å². The van der Waals surface area contributed by atoms with Crippen LogP contribution in [0.5, 0.6) is 0 Å². The van der Waals surface area contributed by atoms with Crippen LogP contribution >= 0.6 is 23.2 Å². The minimum absolute atomic E-state index is 0.0468. The largest absolute Gasteiger partial charge is 0.404 e. The van der Waals surface area contributed by atoms with Crippen molar-refractivity contribution in [3.8, 4) is 11.1 Å². The van der Waals surface area contributed by atoms with E-state index >= 15 is 0 Å². The number of aromatic nitrogens is 2. The summed E-state index contributed by atoms with van der Waals surface area (Å²) in [6.45, 7) is -0.498. The van der Waals surface area contributed by atoms with Crippen LogP contribution in [0.25, 0.3) is 11.1 Å². The highest BCUT2D eigenvalue weighted by Gasteiger charge is 2.53. The average molecular weight is 545 g/mol. The first-order chi connectivity index (χ1) is 17.1. The maximum Gasteiger partial charge on any atom is 0.268 e. The van der Waals surface area contributed by atoms with E-state index in [9.17, 15) is 34.7 Å². The van der Waals surface area contributed by atoms with Crippen LogP contribution in [0.4, 0.5) is 10.2 Å². The molecule has 2 aromatic heterocycles. The van der Waals surface area contributed by atoms with Crippen molar-refractivity contribution in [3.05, 3.63) is 69.8 Å². The molecule has 16 heteroatoms. The summed E-state index contributed by atoms with van der Waals surface area (Å²) >= 11 is 12.0. The molecule has 2 atom stereocenters. The van der Waals surface area contributed by atoms with Gasteiger partial charge in [0.15, 0.2) is 19.3 Å². The molecule has 37 heavy (non-hydrogen) atoms. The van der Waals surface area contributed by atoms with Gasteiger partial charge in [-0.15, -0.1) is 0 Å². The van der Waals surface area contributed by atoms with Crippen molar-refractivity contribution in [2.24, 2.45) is 0 Å². The normalized spacial score (nSPS) is 14.6. The third-order valence-electron chi connectivity index (χ3n) is 5.35. The quantitative estimate of drug-likeness (QED) is 0.136. The summed E-state index contributed by atoms with van der Waals surface area (Å²) in [5, 5.41) is 50.8. The molecule has 0 spiro atoms. The number of benzene rings is 1. The van der Waals surface area contributed by atoms with E-state index in [0.717, 1.165) is 12.3 Å². The lowest BCUT2D eigenvalue weighted by Crippen LogP contribution is -2.73. The van der Waals surface area contributed by atoms with Crippen molar-refractivity contribution in [2.45, 2.75) is 22.9 Å². The number of aromatic amines is 1. The number of rotatable bonds is 9. The van der Waals surface area contributed by atoms with Gasteiger partial charge in [-0.05, 0) is 29.8 Å². The number of nitrogens with one attached hydrogen (secondary N) is 3. The molecule has 1 amide bonds. The van der Waals surface area contributed by atoms with Crippen LogP contribution in [-0.4, -0.2) is 88.4 Å². The van der Waals surface area contributed by atoms with E-state index < -0.39 is 41.2 Å². The lowest BCUT2D eigenvalue weighted by molar-refractivity contribution is -0.235. The Kier molecular flexibility index (Phi) is 8.35. The third kappa shape index (κ3) is 6.12. The van der Waals surface area contributed by atoms with Gasteiger partial charge in [-0.3, -0.25) is 4.79 Å². The monoisotopic (exact) mass is 544 g/mol. The van der Waals surface area contributed by atoms with Crippen LogP contribution < -0.4 is 10.6 Å². The second-order valence-electron chi connectivity index (χ2n) is 8.12. The van der Waals surface area contributed by atoms with Gasteiger partial charge in [-0.2, -0.15) is 0 Å². The van der Waals surface area contributed by atoms with Gasteiger partial charge >= 0.3 is 0 Å². The number of carbonyl (C=O) groups excluding carboxylic acids is 1. The number of pyridine rings is 1. The van der Waals surface area contributed by atoms with E-state index in [4.69, 9.17) is 46.7 Å². The van der Waals surface area contributed by atoms with Gasteiger partial charge in [0.25, 0.3) is 5.91 Å².